The second-order valence-corrected chi connectivity index (χ2v) is 5.59. The van der Waals surface area contributed by atoms with Crippen LogP contribution in [0, 0.1) is 5.92 Å². The van der Waals surface area contributed by atoms with Crippen LogP contribution >= 0.6 is 0 Å². The van der Waals surface area contributed by atoms with Crippen molar-refractivity contribution in [1.82, 2.24) is 10.3 Å². The summed E-state index contributed by atoms with van der Waals surface area (Å²) in [4.78, 5) is 13.8. The van der Waals surface area contributed by atoms with E-state index in [1.807, 2.05) is 0 Å². The molecule has 5 nitrogen and oxygen atoms in total. The number of nitrogens with one attached hydrogen (secondary N) is 1. The first-order valence-electron chi connectivity index (χ1n) is 7.69. The Morgan fingerprint density at radius 3 is 2.62 bits per heavy atom. The predicted molar refractivity (Wildman–Crippen MR) is 83.0 cm³/mol. The number of amides is 1. The molecular formula is C16H25N3O2. The van der Waals surface area contributed by atoms with Gasteiger partial charge in [0, 0.05) is 18.7 Å². The largest absolute Gasteiger partial charge is 0.492 e. The van der Waals surface area contributed by atoms with Gasteiger partial charge in [-0.2, -0.15) is 0 Å². The van der Waals surface area contributed by atoms with Crippen LogP contribution in [0.1, 0.15) is 36.5 Å². The van der Waals surface area contributed by atoms with E-state index in [4.69, 9.17) is 10.6 Å². The molecule has 2 rings (SSSR count). The zero-order chi connectivity index (χ0) is 15.1. The molecule has 0 saturated heterocycles. The lowest BCUT2D eigenvalue weighted by Crippen LogP contribution is -2.31. The maximum Gasteiger partial charge on any atom is 0.265 e. The smallest absolute Gasteiger partial charge is 0.265 e. The normalized spacial score (nSPS) is 14.2. The van der Waals surface area contributed by atoms with Gasteiger partial charge in [0.05, 0.1) is 0 Å². The van der Waals surface area contributed by atoms with Gasteiger partial charge in [0.25, 0.3) is 5.91 Å². The third-order valence-corrected chi connectivity index (χ3v) is 3.68. The van der Waals surface area contributed by atoms with Crippen LogP contribution in [0.25, 0.3) is 0 Å². The SMILES string of the molecule is CCCN(CCOc1ccc(C(=O)NN)cc1)CC1CC1. The van der Waals surface area contributed by atoms with Crippen LogP contribution in [0.2, 0.25) is 0 Å². The number of carbonyl (C=O) groups is 1. The molecule has 0 unspecified atom stereocenters. The van der Waals surface area contributed by atoms with Crippen LogP contribution in [0.15, 0.2) is 24.3 Å². The van der Waals surface area contributed by atoms with Crippen molar-refractivity contribution in [2.75, 3.05) is 26.2 Å². The molecule has 1 aromatic rings. The van der Waals surface area contributed by atoms with Gasteiger partial charge in [-0.3, -0.25) is 15.1 Å². The summed E-state index contributed by atoms with van der Waals surface area (Å²) in [5.41, 5.74) is 2.64. The van der Waals surface area contributed by atoms with Crippen molar-refractivity contribution in [3.05, 3.63) is 29.8 Å². The average molecular weight is 291 g/mol. The molecule has 1 aromatic carbocycles. The first-order valence-corrected chi connectivity index (χ1v) is 7.69. The Labute approximate surface area is 126 Å². The summed E-state index contributed by atoms with van der Waals surface area (Å²) in [6.07, 6.45) is 3.94. The van der Waals surface area contributed by atoms with Crippen LogP contribution in [-0.4, -0.2) is 37.0 Å². The van der Waals surface area contributed by atoms with Gasteiger partial charge in [-0.15, -0.1) is 0 Å². The van der Waals surface area contributed by atoms with E-state index in [2.05, 4.69) is 17.2 Å². The van der Waals surface area contributed by atoms with Crippen molar-refractivity contribution in [2.24, 2.45) is 11.8 Å². The number of hydrazine groups is 1. The number of hydrogen-bond acceptors (Lipinski definition) is 4. The van der Waals surface area contributed by atoms with E-state index < -0.39 is 0 Å². The molecule has 3 N–H and O–H groups in total. The number of nitrogens with zero attached hydrogens (tertiary/aromatic N) is 1. The Morgan fingerprint density at radius 1 is 1.33 bits per heavy atom. The van der Waals surface area contributed by atoms with Crippen LogP contribution in [0.4, 0.5) is 0 Å². The minimum absolute atomic E-state index is 0.292. The minimum atomic E-state index is -0.292. The number of hydrogen-bond donors (Lipinski definition) is 2. The van der Waals surface area contributed by atoms with Crippen molar-refractivity contribution in [2.45, 2.75) is 26.2 Å². The van der Waals surface area contributed by atoms with Gasteiger partial charge in [0.15, 0.2) is 0 Å². The van der Waals surface area contributed by atoms with Gasteiger partial charge in [-0.05, 0) is 56.0 Å². The zero-order valence-corrected chi connectivity index (χ0v) is 12.7. The second-order valence-electron chi connectivity index (χ2n) is 5.59. The molecule has 1 saturated carbocycles. The van der Waals surface area contributed by atoms with Crippen LogP contribution < -0.4 is 16.0 Å². The van der Waals surface area contributed by atoms with Gasteiger partial charge in [0.1, 0.15) is 12.4 Å². The Hall–Kier alpha value is -1.59. The molecule has 0 aliphatic heterocycles. The Morgan fingerprint density at radius 2 is 2.05 bits per heavy atom. The molecule has 0 spiro atoms. The number of carbonyl (C=O) groups excluding carboxylic acids is 1. The highest BCUT2D eigenvalue weighted by Gasteiger charge is 2.23. The van der Waals surface area contributed by atoms with Gasteiger partial charge in [-0.25, -0.2) is 5.84 Å². The van der Waals surface area contributed by atoms with E-state index in [1.54, 1.807) is 24.3 Å². The molecule has 0 heterocycles. The highest BCUT2D eigenvalue weighted by molar-refractivity contribution is 5.93. The maximum absolute atomic E-state index is 11.3. The summed E-state index contributed by atoms with van der Waals surface area (Å²) in [5, 5.41) is 0. The van der Waals surface area contributed by atoms with Gasteiger partial charge < -0.3 is 4.74 Å². The van der Waals surface area contributed by atoms with Gasteiger partial charge in [0.2, 0.25) is 0 Å². The molecule has 21 heavy (non-hydrogen) atoms. The van der Waals surface area contributed by atoms with E-state index >= 15 is 0 Å². The van der Waals surface area contributed by atoms with Crippen LogP contribution in [0.5, 0.6) is 5.75 Å². The summed E-state index contributed by atoms with van der Waals surface area (Å²) in [6.45, 7) is 6.18. The summed E-state index contributed by atoms with van der Waals surface area (Å²) < 4.78 is 5.75. The van der Waals surface area contributed by atoms with Crippen molar-refractivity contribution in [1.29, 1.82) is 0 Å². The van der Waals surface area contributed by atoms with Crippen LogP contribution in [0.3, 0.4) is 0 Å². The predicted octanol–water partition coefficient (Wildman–Crippen LogP) is 1.79. The van der Waals surface area contributed by atoms with Crippen molar-refractivity contribution < 1.29 is 9.53 Å². The summed E-state index contributed by atoms with van der Waals surface area (Å²) in [6, 6.07) is 7.03. The van der Waals surface area contributed by atoms with E-state index in [9.17, 15) is 4.79 Å². The lowest BCUT2D eigenvalue weighted by atomic mass is 10.2. The van der Waals surface area contributed by atoms with Crippen LogP contribution in [-0.2, 0) is 0 Å². The standard InChI is InChI=1S/C16H25N3O2/c1-2-9-19(12-13-3-4-13)10-11-21-15-7-5-14(6-8-15)16(20)18-17/h5-8,13H,2-4,9-12,17H2,1H3,(H,18,20). The Balaban J connectivity index is 1.74. The molecule has 0 bridgehead atoms. The first kappa shape index (κ1) is 15.8. The molecule has 1 amide bonds. The molecule has 1 aliphatic rings. The van der Waals surface area contributed by atoms with E-state index in [1.165, 1.54) is 25.8 Å². The lowest BCUT2D eigenvalue weighted by Gasteiger charge is -2.21. The summed E-state index contributed by atoms with van der Waals surface area (Å²) in [7, 11) is 0. The average Bonchev–Trinajstić information content (AvgIpc) is 3.31. The number of nitrogens with two attached hydrogens (primary N) is 1. The lowest BCUT2D eigenvalue weighted by molar-refractivity contribution is 0.0953. The highest BCUT2D eigenvalue weighted by atomic mass is 16.5. The highest BCUT2D eigenvalue weighted by Crippen LogP contribution is 2.29. The minimum Gasteiger partial charge on any atom is -0.492 e. The number of rotatable bonds is 9. The fourth-order valence-electron chi connectivity index (χ4n) is 2.35. The number of ether oxygens (including phenoxy) is 1. The van der Waals surface area contributed by atoms with Gasteiger partial charge >= 0.3 is 0 Å². The maximum atomic E-state index is 11.3. The molecular weight excluding hydrogens is 266 g/mol. The third kappa shape index (κ3) is 5.36. The monoisotopic (exact) mass is 291 g/mol. The topological polar surface area (TPSA) is 67.6 Å². The van der Waals surface area contributed by atoms with Crippen molar-refractivity contribution >= 4 is 5.91 Å². The number of benzene rings is 1. The fourth-order valence-corrected chi connectivity index (χ4v) is 2.35. The Bertz CT molecular complexity index is 443. The molecule has 0 radical (unpaired) electrons. The zero-order valence-electron chi connectivity index (χ0n) is 12.7. The summed E-state index contributed by atoms with van der Waals surface area (Å²) >= 11 is 0. The van der Waals surface area contributed by atoms with E-state index in [0.29, 0.717) is 12.2 Å². The second kappa shape index (κ2) is 8.00. The van der Waals surface area contributed by atoms with E-state index in [0.717, 1.165) is 24.8 Å². The van der Waals surface area contributed by atoms with Gasteiger partial charge in [-0.1, -0.05) is 6.92 Å². The fraction of sp³-hybridized carbons (Fsp3) is 0.562. The van der Waals surface area contributed by atoms with E-state index in [-0.39, 0.29) is 5.91 Å². The quantitative estimate of drug-likeness (QED) is 0.413. The molecule has 0 aromatic heterocycles. The molecule has 1 aliphatic carbocycles. The number of nitrogen functional groups attached to an aromatic ring is 1. The first-order chi connectivity index (χ1) is 10.2. The molecule has 116 valence electrons. The third-order valence-electron chi connectivity index (χ3n) is 3.68. The summed E-state index contributed by atoms with van der Waals surface area (Å²) in [5.74, 6) is 6.49. The van der Waals surface area contributed by atoms with Crippen molar-refractivity contribution in [3.8, 4) is 5.75 Å². The molecule has 5 heteroatoms. The van der Waals surface area contributed by atoms with Crippen molar-refractivity contribution in [3.63, 3.8) is 0 Å². The Kier molecular flexibility index (Phi) is 6.02. The molecule has 0 atom stereocenters. The molecule has 1 fully saturated rings.